The van der Waals surface area contributed by atoms with Crippen LogP contribution in [0.4, 0.5) is 45.2 Å². The number of carbonyl (C=O) groups excluding carboxylic acids is 1. The van der Waals surface area contributed by atoms with Gasteiger partial charge in [-0.15, -0.1) is 0 Å². The van der Waals surface area contributed by atoms with Crippen molar-refractivity contribution >= 4 is 11.6 Å². The van der Waals surface area contributed by atoms with Crippen molar-refractivity contribution in [2.75, 3.05) is 5.06 Å². The predicted molar refractivity (Wildman–Crippen MR) is 99.8 cm³/mol. The summed E-state index contributed by atoms with van der Waals surface area (Å²) in [5, 5.41) is 9.46. The summed E-state index contributed by atoms with van der Waals surface area (Å²) in [4.78, 5) is 40.9. The first-order chi connectivity index (χ1) is 16.4. The zero-order valence-corrected chi connectivity index (χ0v) is 17.8. The average Bonchev–Trinajstić information content (AvgIpc) is 2.80. The van der Waals surface area contributed by atoms with E-state index in [0.717, 1.165) is 38.4 Å². The number of aromatic nitrogens is 2. The Morgan fingerprint density at radius 2 is 1.50 bits per heavy atom. The van der Waals surface area contributed by atoms with Crippen molar-refractivity contribution in [3.05, 3.63) is 56.7 Å². The van der Waals surface area contributed by atoms with Crippen LogP contribution in [0.25, 0.3) is 0 Å². The molecular weight excluding hydrogens is 525 g/mol. The van der Waals surface area contributed by atoms with Crippen LogP contribution in [0.3, 0.4) is 0 Å². The topological polar surface area (TPSA) is 103 Å². The first-order valence-corrected chi connectivity index (χ1v) is 9.18. The molecule has 200 valence electrons. The van der Waals surface area contributed by atoms with E-state index in [9.17, 15) is 59.0 Å². The molecule has 2 rings (SSSR count). The van der Waals surface area contributed by atoms with Gasteiger partial charge >= 0.3 is 30.3 Å². The Kier molecular flexibility index (Phi) is 7.84. The third-order valence-electron chi connectivity index (χ3n) is 4.41. The van der Waals surface area contributed by atoms with Crippen LogP contribution in [0.5, 0.6) is 5.88 Å². The summed E-state index contributed by atoms with van der Waals surface area (Å²) >= 11 is 0. The van der Waals surface area contributed by atoms with Crippen LogP contribution in [-0.2, 0) is 23.7 Å². The van der Waals surface area contributed by atoms with Crippen molar-refractivity contribution in [2.45, 2.75) is 30.9 Å². The number of rotatable bonds is 9. The second kappa shape index (κ2) is 9.84. The fourth-order valence-electron chi connectivity index (χ4n) is 2.46. The lowest BCUT2D eigenvalue weighted by Gasteiger charge is -2.31. The van der Waals surface area contributed by atoms with Crippen molar-refractivity contribution in [3.63, 3.8) is 0 Å². The Morgan fingerprint density at radius 1 is 0.972 bits per heavy atom. The second-order valence-corrected chi connectivity index (χ2v) is 6.87. The monoisotopic (exact) mass is 539 g/mol. The van der Waals surface area contributed by atoms with Gasteiger partial charge in [0.2, 0.25) is 5.88 Å². The van der Waals surface area contributed by atoms with Crippen molar-refractivity contribution in [2.24, 2.45) is 14.1 Å². The SMILES string of the molecule is Cn1c(O)c(C(=O)N(OC(F)(F)C(F)OC(F)(F)C(F)(F)C(F)F)c2ccccc2)c(=O)n(C)c1=O. The number of carbonyl (C=O) groups is 1. The molecule has 2 aromatic rings. The molecule has 0 aliphatic rings. The number of anilines is 1. The lowest BCUT2D eigenvalue weighted by atomic mass is 10.2. The Balaban J connectivity index is 2.54. The molecule has 1 aromatic heterocycles. The Labute approximate surface area is 193 Å². The largest absolute Gasteiger partial charge is 0.494 e. The van der Waals surface area contributed by atoms with Crippen LogP contribution in [0, 0.1) is 0 Å². The van der Waals surface area contributed by atoms with Crippen molar-refractivity contribution in [3.8, 4) is 5.88 Å². The fraction of sp³-hybridized carbons (Fsp3) is 0.389. The third-order valence-corrected chi connectivity index (χ3v) is 4.41. The molecule has 0 saturated heterocycles. The number of alkyl halides is 9. The molecule has 0 fully saturated rings. The maximum atomic E-state index is 14.3. The molecule has 1 N–H and O–H groups in total. The van der Waals surface area contributed by atoms with Gasteiger partial charge in [0.05, 0.1) is 5.69 Å². The molecular formula is C18H14F9N3O6. The van der Waals surface area contributed by atoms with E-state index in [1.54, 1.807) is 0 Å². The quantitative estimate of drug-likeness (QED) is 0.389. The van der Waals surface area contributed by atoms with Gasteiger partial charge in [-0.1, -0.05) is 18.2 Å². The maximum Gasteiger partial charge on any atom is 0.432 e. The molecule has 18 heteroatoms. The number of benzene rings is 1. The number of para-hydroxylation sites is 1. The lowest BCUT2D eigenvalue weighted by molar-refractivity contribution is -0.439. The van der Waals surface area contributed by atoms with Crippen LogP contribution in [0.2, 0.25) is 0 Å². The van der Waals surface area contributed by atoms with E-state index in [4.69, 9.17) is 0 Å². The van der Waals surface area contributed by atoms with Gasteiger partial charge in [0.15, 0.2) is 5.56 Å². The standard InChI is InChI=1S/C18H14F9N3O6/c1-28-10(31)9(11(32)29(2)15(28)34)12(33)30(8-6-4-3-5-7-8)36-17(24,25)14(21)35-18(26,27)16(22,23)13(19)20/h3-7,13-14,31H,1-2H3. The zero-order chi connectivity index (χ0) is 27.8. The zero-order valence-electron chi connectivity index (χ0n) is 17.8. The van der Waals surface area contributed by atoms with Crippen LogP contribution < -0.4 is 16.3 Å². The Hall–Kier alpha value is -3.54. The number of hydrogen-bond acceptors (Lipinski definition) is 6. The number of hydrogen-bond donors (Lipinski definition) is 1. The Morgan fingerprint density at radius 3 is 2.00 bits per heavy atom. The molecule has 0 bridgehead atoms. The van der Waals surface area contributed by atoms with E-state index in [1.807, 2.05) is 0 Å². The van der Waals surface area contributed by atoms with Crippen LogP contribution >= 0.6 is 0 Å². The number of ether oxygens (including phenoxy) is 1. The van der Waals surface area contributed by atoms with Gasteiger partial charge < -0.3 is 5.11 Å². The second-order valence-electron chi connectivity index (χ2n) is 6.87. The Bertz CT molecular complexity index is 1230. The highest BCUT2D eigenvalue weighted by molar-refractivity contribution is 6.05. The number of halogens is 9. The van der Waals surface area contributed by atoms with Crippen molar-refractivity contribution < 1.29 is 59.0 Å². The average molecular weight is 539 g/mol. The van der Waals surface area contributed by atoms with E-state index in [2.05, 4.69) is 9.57 Å². The van der Waals surface area contributed by atoms with Gasteiger partial charge in [0.1, 0.15) is 0 Å². The van der Waals surface area contributed by atoms with Gasteiger partial charge in [0.25, 0.3) is 17.8 Å². The summed E-state index contributed by atoms with van der Waals surface area (Å²) in [7, 11) is 1.67. The molecule has 1 amide bonds. The van der Waals surface area contributed by atoms with E-state index >= 15 is 0 Å². The highest BCUT2D eigenvalue weighted by atomic mass is 19.3. The van der Waals surface area contributed by atoms with Crippen LogP contribution in [-0.4, -0.2) is 51.1 Å². The van der Waals surface area contributed by atoms with E-state index in [1.165, 1.54) is 6.07 Å². The molecule has 1 atom stereocenters. The smallest absolute Gasteiger partial charge is 0.432 e. The highest BCUT2D eigenvalue weighted by Crippen LogP contribution is 2.43. The summed E-state index contributed by atoms with van der Waals surface area (Å²) in [6.45, 7) is 0. The first-order valence-electron chi connectivity index (χ1n) is 9.18. The maximum absolute atomic E-state index is 14.3. The normalized spacial score (nSPS) is 13.7. The molecule has 1 heterocycles. The summed E-state index contributed by atoms with van der Waals surface area (Å²) in [5.41, 5.74) is -4.89. The number of amides is 1. The molecule has 0 saturated carbocycles. The van der Waals surface area contributed by atoms with Gasteiger partial charge in [-0.3, -0.25) is 23.5 Å². The van der Waals surface area contributed by atoms with Crippen LogP contribution in [0.1, 0.15) is 10.4 Å². The van der Waals surface area contributed by atoms with Crippen molar-refractivity contribution in [1.29, 1.82) is 0 Å². The summed E-state index contributed by atoms with van der Waals surface area (Å²) in [6, 6.07) is 5.07. The molecule has 1 unspecified atom stereocenters. The molecule has 9 nitrogen and oxygen atoms in total. The minimum Gasteiger partial charge on any atom is -0.494 e. The van der Waals surface area contributed by atoms with Gasteiger partial charge in [-0.2, -0.15) is 36.2 Å². The van der Waals surface area contributed by atoms with Gasteiger partial charge in [-0.05, 0) is 12.1 Å². The van der Waals surface area contributed by atoms with Gasteiger partial charge in [0, 0.05) is 14.1 Å². The number of aromatic hydroxyl groups is 1. The fourth-order valence-corrected chi connectivity index (χ4v) is 2.46. The molecule has 0 spiro atoms. The summed E-state index contributed by atoms with van der Waals surface area (Å²) in [5.74, 6) is -9.79. The third kappa shape index (κ3) is 5.18. The highest BCUT2D eigenvalue weighted by Gasteiger charge is 2.67. The lowest BCUT2D eigenvalue weighted by Crippen LogP contribution is -2.54. The predicted octanol–water partition coefficient (Wildman–Crippen LogP) is 2.77. The van der Waals surface area contributed by atoms with E-state index in [-0.39, 0.29) is 4.57 Å². The van der Waals surface area contributed by atoms with E-state index < -0.39 is 70.3 Å². The van der Waals surface area contributed by atoms with Gasteiger partial charge in [-0.25, -0.2) is 18.0 Å². The summed E-state index contributed by atoms with van der Waals surface area (Å²) in [6.07, 6.45) is -22.3. The van der Waals surface area contributed by atoms with Crippen molar-refractivity contribution in [1.82, 2.24) is 9.13 Å². The number of nitrogens with zero attached hydrogens (tertiary/aromatic N) is 3. The van der Waals surface area contributed by atoms with E-state index in [0.29, 0.717) is 4.57 Å². The first kappa shape index (κ1) is 28.7. The molecule has 1 aromatic carbocycles. The summed E-state index contributed by atoms with van der Waals surface area (Å²) < 4.78 is 122. The molecule has 36 heavy (non-hydrogen) atoms. The molecule has 0 aliphatic carbocycles. The number of hydroxylamine groups is 1. The minimum atomic E-state index is -6.47. The minimum absolute atomic E-state index is 0.252. The van der Waals surface area contributed by atoms with Crippen LogP contribution in [0.15, 0.2) is 39.9 Å². The molecule has 0 aliphatic heterocycles. The molecule has 0 radical (unpaired) electrons.